The average molecular weight is 356 g/mol. The number of methoxy groups -OCH3 is 2. The summed E-state index contributed by atoms with van der Waals surface area (Å²) >= 11 is 0. The van der Waals surface area contributed by atoms with E-state index in [1.54, 1.807) is 50.6 Å². The van der Waals surface area contributed by atoms with Gasteiger partial charge in [0.25, 0.3) is 0 Å². The molecule has 0 aliphatic heterocycles. The van der Waals surface area contributed by atoms with E-state index in [9.17, 15) is 10.2 Å². The zero-order valence-electron chi connectivity index (χ0n) is 15.5. The average Bonchev–Trinajstić information content (AvgIpc) is 2.65. The Morgan fingerprint density at radius 2 is 1.15 bits per heavy atom. The molecule has 0 aliphatic rings. The van der Waals surface area contributed by atoms with Gasteiger partial charge in [0.05, 0.1) is 27.3 Å². The maximum Gasteiger partial charge on any atom is 0.124 e. The molecule has 0 saturated heterocycles. The van der Waals surface area contributed by atoms with Crippen LogP contribution in [0.4, 0.5) is 0 Å². The summed E-state index contributed by atoms with van der Waals surface area (Å²) in [5.74, 6) is 1.64. The van der Waals surface area contributed by atoms with Gasteiger partial charge in [-0.2, -0.15) is 0 Å². The van der Waals surface area contributed by atoms with E-state index in [4.69, 9.17) is 9.47 Å². The molecule has 0 amide bonds. The zero-order valence-corrected chi connectivity index (χ0v) is 15.5. The quantitative estimate of drug-likeness (QED) is 0.588. The molecular weight excluding hydrogens is 332 g/mol. The first-order chi connectivity index (χ1) is 12.5. The number of aliphatic imine (C=N–C) groups is 2. The Morgan fingerprint density at radius 1 is 0.769 bits per heavy atom. The lowest BCUT2D eigenvalue weighted by atomic mass is 10.1. The number of aromatic hydroxyl groups is 2. The summed E-state index contributed by atoms with van der Waals surface area (Å²) in [4.78, 5) is 8.92. The monoisotopic (exact) mass is 356 g/mol. The number of hydrogen-bond acceptors (Lipinski definition) is 6. The molecule has 0 heterocycles. The maximum atomic E-state index is 9.97. The van der Waals surface area contributed by atoms with E-state index in [1.807, 2.05) is 13.8 Å². The number of ether oxygens (including phenoxy) is 2. The number of phenols is 2. The second-order valence-corrected chi connectivity index (χ2v) is 5.70. The van der Waals surface area contributed by atoms with Crippen molar-refractivity contribution >= 4 is 11.4 Å². The molecule has 6 nitrogen and oxygen atoms in total. The minimum atomic E-state index is 0.160. The van der Waals surface area contributed by atoms with Crippen molar-refractivity contribution in [3.8, 4) is 23.0 Å². The standard InChI is InChI=1S/C20H24N2O4/c1-13(17-11-15(25-3)5-7-19(17)23)21-9-10-22-14(2)18-12-16(26-4)6-8-20(18)24/h5-8,11-12,23-24H,9-10H2,1-4H3. The van der Waals surface area contributed by atoms with E-state index < -0.39 is 0 Å². The van der Waals surface area contributed by atoms with Gasteiger partial charge in [-0.05, 0) is 50.2 Å². The Labute approximate surface area is 153 Å². The van der Waals surface area contributed by atoms with E-state index in [0.29, 0.717) is 47.1 Å². The van der Waals surface area contributed by atoms with Crippen LogP contribution in [-0.4, -0.2) is 48.9 Å². The van der Waals surface area contributed by atoms with E-state index in [2.05, 4.69) is 9.98 Å². The van der Waals surface area contributed by atoms with Crippen molar-refractivity contribution in [1.82, 2.24) is 0 Å². The molecule has 2 rings (SSSR count). The Morgan fingerprint density at radius 3 is 1.50 bits per heavy atom. The fourth-order valence-corrected chi connectivity index (χ4v) is 2.47. The maximum absolute atomic E-state index is 9.97. The third-order valence-electron chi connectivity index (χ3n) is 3.98. The summed E-state index contributed by atoms with van der Waals surface area (Å²) in [5, 5.41) is 19.9. The molecule has 0 fully saturated rings. The molecule has 0 radical (unpaired) electrons. The van der Waals surface area contributed by atoms with Crippen LogP contribution in [0.5, 0.6) is 23.0 Å². The highest BCUT2D eigenvalue weighted by atomic mass is 16.5. The van der Waals surface area contributed by atoms with Gasteiger partial charge in [0.15, 0.2) is 0 Å². The number of hydrogen-bond donors (Lipinski definition) is 2. The predicted molar refractivity (Wildman–Crippen MR) is 103 cm³/mol. The van der Waals surface area contributed by atoms with Gasteiger partial charge in [-0.1, -0.05) is 0 Å². The molecule has 0 aromatic heterocycles. The lowest BCUT2D eigenvalue weighted by molar-refractivity contribution is 0.412. The molecule has 2 aromatic rings. The molecule has 0 bridgehead atoms. The molecule has 6 heteroatoms. The van der Waals surface area contributed by atoms with Crippen molar-refractivity contribution in [2.75, 3.05) is 27.3 Å². The zero-order chi connectivity index (χ0) is 19.1. The van der Waals surface area contributed by atoms with Gasteiger partial charge in [0.1, 0.15) is 23.0 Å². The minimum absolute atomic E-state index is 0.160. The third kappa shape index (κ3) is 4.75. The lowest BCUT2D eigenvalue weighted by Crippen LogP contribution is -2.02. The Hall–Kier alpha value is -3.02. The molecule has 0 saturated carbocycles. The van der Waals surface area contributed by atoms with Crippen molar-refractivity contribution in [2.24, 2.45) is 9.98 Å². The number of nitrogens with zero attached hydrogens (tertiary/aromatic N) is 2. The van der Waals surface area contributed by atoms with Gasteiger partial charge in [0, 0.05) is 22.6 Å². The first kappa shape index (κ1) is 19.3. The molecule has 0 unspecified atom stereocenters. The molecule has 138 valence electrons. The lowest BCUT2D eigenvalue weighted by Gasteiger charge is -2.08. The third-order valence-corrected chi connectivity index (χ3v) is 3.98. The van der Waals surface area contributed by atoms with Crippen molar-refractivity contribution < 1.29 is 19.7 Å². The first-order valence-corrected chi connectivity index (χ1v) is 8.23. The summed E-state index contributed by atoms with van der Waals surface area (Å²) in [6, 6.07) is 10.1. The van der Waals surface area contributed by atoms with Crippen LogP contribution < -0.4 is 9.47 Å². The van der Waals surface area contributed by atoms with Crippen molar-refractivity contribution in [2.45, 2.75) is 13.8 Å². The van der Waals surface area contributed by atoms with Crippen LogP contribution in [-0.2, 0) is 0 Å². The molecular formula is C20H24N2O4. The molecule has 0 aliphatic carbocycles. The van der Waals surface area contributed by atoms with E-state index >= 15 is 0 Å². The molecule has 2 aromatic carbocycles. The van der Waals surface area contributed by atoms with Gasteiger partial charge in [0.2, 0.25) is 0 Å². The van der Waals surface area contributed by atoms with Crippen LogP contribution in [0.2, 0.25) is 0 Å². The van der Waals surface area contributed by atoms with Crippen LogP contribution in [0.1, 0.15) is 25.0 Å². The van der Waals surface area contributed by atoms with Crippen molar-refractivity contribution in [3.63, 3.8) is 0 Å². The first-order valence-electron chi connectivity index (χ1n) is 8.23. The SMILES string of the molecule is COc1ccc(O)c(C(C)=NCCN=C(C)c2cc(OC)ccc2O)c1. The summed E-state index contributed by atoms with van der Waals surface area (Å²) < 4.78 is 10.3. The Kier molecular flexibility index (Phi) is 6.60. The Bertz CT molecular complexity index is 759. The van der Waals surface area contributed by atoms with E-state index in [0.717, 1.165) is 0 Å². The second kappa shape index (κ2) is 8.89. The minimum Gasteiger partial charge on any atom is -0.507 e. The number of rotatable bonds is 7. The van der Waals surface area contributed by atoms with Gasteiger partial charge in [-0.3, -0.25) is 9.98 Å². The molecule has 2 N–H and O–H groups in total. The molecule has 26 heavy (non-hydrogen) atoms. The summed E-state index contributed by atoms with van der Waals surface area (Å²) in [5.41, 5.74) is 2.68. The molecule has 0 atom stereocenters. The normalized spacial score (nSPS) is 12.2. The highest BCUT2D eigenvalue weighted by Gasteiger charge is 2.07. The van der Waals surface area contributed by atoms with Crippen molar-refractivity contribution in [1.29, 1.82) is 0 Å². The fraction of sp³-hybridized carbons (Fsp3) is 0.300. The van der Waals surface area contributed by atoms with Crippen molar-refractivity contribution in [3.05, 3.63) is 47.5 Å². The smallest absolute Gasteiger partial charge is 0.124 e. The van der Waals surface area contributed by atoms with E-state index in [1.165, 1.54) is 0 Å². The summed E-state index contributed by atoms with van der Waals surface area (Å²) in [7, 11) is 3.16. The second-order valence-electron chi connectivity index (χ2n) is 5.70. The van der Waals surface area contributed by atoms with Crippen LogP contribution in [0, 0.1) is 0 Å². The summed E-state index contributed by atoms with van der Waals surface area (Å²) in [6.45, 7) is 4.59. The van der Waals surface area contributed by atoms with E-state index in [-0.39, 0.29) is 11.5 Å². The van der Waals surface area contributed by atoms with Crippen LogP contribution in [0.15, 0.2) is 46.4 Å². The molecule has 0 spiro atoms. The van der Waals surface area contributed by atoms with Gasteiger partial charge in [-0.15, -0.1) is 0 Å². The summed E-state index contributed by atoms with van der Waals surface area (Å²) in [6.07, 6.45) is 0. The topological polar surface area (TPSA) is 83.6 Å². The fourth-order valence-electron chi connectivity index (χ4n) is 2.47. The van der Waals surface area contributed by atoms with Gasteiger partial charge in [-0.25, -0.2) is 0 Å². The largest absolute Gasteiger partial charge is 0.507 e. The Balaban J connectivity index is 2.07. The van der Waals surface area contributed by atoms with Gasteiger partial charge < -0.3 is 19.7 Å². The predicted octanol–water partition coefficient (Wildman–Crippen LogP) is 3.43. The highest BCUT2D eigenvalue weighted by Crippen LogP contribution is 2.24. The van der Waals surface area contributed by atoms with Crippen LogP contribution >= 0.6 is 0 Å². The van der Waals surface area contributed by atoms with Crippen LogP contribution in [0.3, 0.4) is 0 Å². The van der Waals surface area contributed by atoms with Gasteiger partial charge >= 0.3 is 0 Å². The highest BCUT2D eigenvalue weighted by molar-refractivity contribution is 6.02. The van der Waals surface area contributed by atoms with Crippen LogP contribution in [0.25, 0.3) is 0 Å². The number of phenolic OH excluding ortho intramolecular Hbond substituents is 2. The number of benzene rings is 2.